The van der Waals surface area contributed by atoms with Crippen LogP contribution in [0, 0.1) is 11.6 Å². The second-order valence-corrected chi connectivity index (χ2v) is 10.3. The van der Waals surface area contributed by atoms with Gasteiger partial charge in [0.1, 0.15) is 28.2 Å². The predicted octanol–water partition coefficient (Wildman–Crippen LogP) is 5.75. The monoisotopic (exact) mass is 616 g/mol. The van der Waals surface area contributed by atoms with Crippen LogP contribution in [0.5, 0.6) is 0 Å². The van der Waals surface area contributed by atoms with E-state index in [9.17, 15) is 26.0 Å². The Kier molecular flexibility index (Phi) is 6.93. The molecule has 3 aromatic heterocycles. The summed E-state index contributed by atoms with van der Waals surface area (Å²) in [6.45, 7) is 0. The fraction of sp³-hybridized carbons (Fsp3) is 0.0455. The highest BCUT2D eigenvalue weighted by atomic mass is 35.5. The van der Waals surface area contributed by atoms with Crippen LogP contribution in [-0.2, 0) is 16.2 Å². The Morgan fingerprint density at radius 1 is 0.975 bits per heavy atom. The maximum Gasteiger partial charge on any atom is 0.436 e. The second-order valence-electron chi connectivity index (χ2n) is 7.87. The van der Waals surface area contributed by atoms with E-state index in [2.05, 4.69) is 30.6 Å². The number of anilines is 3. The van der Waals surface area contributed by atoms with E-state index in [4.69, 9.17) is 23.2 Å². The molecule has 0 fully saturated rings. The van der Waals surface area contributed by atoms with E-state index in [0.29, 0.717) is 6.20 Å². The van der Waals surface area contributed by atoms with Gasteiger partial charge in [0, 0.05) is 0 Å². The summed E-state index contributed by atoms with van der Waals surface area (Å²) in [5.74, 6) is -2.86. The summed E-state index contributed by atoms with van der Waals surface area (Å²) in [5, 5.41) is 8.50. The van der Waals surface area contributed by atoms with Crippen LogP contribution in [0.25, 0.3) is 16.9 Å². The standard InChI is InChI=1S/C22H11Cl2F5N8O2S/c23-10-2-1-3-14(17(10)24)40(38,39)35-12-5-4-11(25)19(18(12)26)33-21-20-13(30-9-31-21)6-7-16(32-20)37-8-15(34-36-37)22(27,28)29/h1-9,35H,(H,30,31,33). The van der Waals surface area contributed by atoms with Crippen molar-refractivity contribution in [1.29, 1.82) is 0 Å². The molecule has 0 saturated heterocycles. The van der Waals surface area contributed by atoms with Crippen molar-refractivity contribution in [1.82, 2.24) is 29.9 Å². The number of benzene rings is 2. The van der Waals surface area contributed by atoms with Crippen molar-refractivity contribution in [3.05, 3.63) is 82.4 Å². The van der Waals surface area contributed by atoms with Crippen LogP contribution in [-0.4, -0.2) is 38.4 Å². The first-order chi connectivity index (χ1) is 18.8. The van der Waals surface area contributed by atoms with Gasteiger partial charge in [-0.1, -0.05) is 34.5 Å². The van der Waals surface area contributed by atoms with Gasteiger partial charge in [0.15, 0.2) is 23.1 Å². The zero-order valence-corrected chi connectivity index (χ0v) is 21.6. The molecule has 206 valence electrons. The molecule has 40 heavy (non-hydrogen) atoms. The summed E-state index contributed by atoms with van der Waals surface area (Å²) in [4.78, 5) is 11.6. The largest absolute Gasteiger partial charge is 0.436 e. The van der Waals surface area contributed by atoms with Gasteiger partial charge in [-0.3, -0.25) is 4.72 Å². The van der Waals surface area contributed by atoms with Gasteiger partial charge in [0.2, 0.25) is 0 Å². The number of hydrogen-bond acceptors (Lipinski definition) is 8. The zero-order valence-electron chi connectivity index (χ0n) is 19.2. The summed E-state index contributed by atoms with van der Waals surface area (Å²) in [7, 11) is -4.46. The van der Waals surface area contributed by atoms with Crippen molar-refractivity contribution in [2.45, 2.75) is 11.1 Å². The Labute approximate surface area is 230 Å². The summed E-state index contributed by atoms with van der Waals surface area (Å²) in [5.41, 5.74) is -2.66. The molecule has 0 unspecified atom stereocenters. The number of hydrogen-bond donors (Lipinski definition) is 2. The zero-order chi connectivity index (χ0) is 28.8. The molecule has 0 aliphatic carbocycles. The van der Waals surface area contributed by atoms with Crippen molar-refractivity contribution in [3.8, 4) is 5.82 Å². The number of nitrogens with zero attached hydrogens (tertiary/aromatic N) is 6. The number of pyridine rings is 1. The number of sulfonamides is 1. The third kappa shape index (κ3) is 5.20. The van der Waals surface area contributed by atoms with Crippen molar-refractivity contribution < 1.29 is 30.4 Å². The molecule has 0 amide bonds. The Morgan fingerprint density at radius 2 is 1.75 bits per heavy atom. The fourth-order valence-corrected chi connectivity index (χ4v) is 5.23. The lowest BCUT2D eigenvalue weighted by atomic mass is 10.2. The van der Waals surface area contributed by atoms with Gasteiger partial charge >= 0.3 is 6.18 Å². The molecule has 0 bridgehead atoms. The summed E-state index contributed by atoms with van der Waals surface area (Å²) >= 11 is 11.9. The smallest absolute Gasteiger partial charge is 0.333 e. The van der Waals surface area contributed by atoms with Gasteiger partial charge in [-0.05, 0) is 36.4 Å². The highest BCUT2D eigenvalue weighted by Gasteiger charge is 2.34. The molecular weight excluding hydrogens is 606 g/mol. The molecule has 0 spiro atoms. The number of fused-ring (bicyclic) bond motifs is 1. The SMILES string of the molecule is O=S(=O)(Nc1ccc(F)c(Nc2ncnc3ccc(-n4cc(C(F)(F)F)nn4)nc23)c1F)c1cccc(Cl)c1Cl. The first-order valence-corrected chi connectivity index (χ1v) is 12.9. The average molecular weight is 617 g/mol. The number of nitrogens with one attached hydrogen (secondary N) is 2. The Bertz CT molecular complexity index is 1890. The minimum atomic E-state index is -4.75. The third-order valence-corrected chi connectivity index (χ3v) is 7.61. The number of rotatable bonds is 6. The Morgan fingerprint density at radius 3 is 2.48 bits per heavy atom. The van der Waals surface area contributed by atoms with Gasteiger partial charge in [-0.2, -0.15) is 13.2 Å². The summed E-state index contributed by atoms with van der Waals surface area (Å²) in [6.07, 6.45) is -3.09. The summed E-state index contributed by atoms with van der Waals surface area (Å²) < 4.78 is 97.4. The van der Waals surface area contributed by atoms with E-state index in [1.165, 1.54) is 24.3 Å². The van der Waals surface area contributed by atoms with Gasteiger partial charge in [-0.25, -0.2) is 36.8 Å². The topological polar surface area (TPSA) is 128 Å². The van der Waals surface area contributed by atoms with E-state index in [-0.39, 0.29) is 32.7 Å². The summed E-state index contributed by atoms with van der Waals surface area (Å²) in [6, 6.07) is 8.12. The Balaban J connectivity index is 1.52. The number of aromatic nitrogens is 6. The van der Waals surface area contributed by atoms with Gasteiger partial charge in [-0.15, -0.1) is 5.10 Å². The normalized spacial score (nSPS) is 12.1. The van der Waals surface area contributed by atoms with Crippen LogP contribution in [0.1, 0.15) is 5.69 Å². The minimum absolute atomic E-state index is 0.0606. The van der Waals surface area contributed by atoms with Crippen molar-refractivity contribution in [2.24, 2.45) is 0 Å². The Hall–Kier alpha value is -4.15. The lowest BCUT2D eigenvalue weighted by Gasteiger charge is -2.15. The van der Waals surface area contributed by atoms with E-state index in [0.717, 1.165) is 29.2 Å². The van der Waals surface area contributed by atoms with Crippen LogP contribution in [0.15, 0.2) is 59.9 Å². The lowest BCUT2D eigenvalue weighted by Crippen LogP contribution is -2.15. The molecule has 3 heterocycles. The molecule has 5 aromatic rings. The highest BCUT2D eigenvalue weighted by molar-refractivity contribution is 7.92. The molecular formula is C22H11Cl2F5N8O2S. The van der Waals surface area contributed by atoms with Crippen molar-refractivity contribution >= 4 is 61.5 Å². The number of alkyl halides is 3. The van der Waals surface area contributed by atoms with Crippen LogP contribution in [0.2, 0.25) is 10.0 Å². The number of halogens is 7. The van der Waals surface area contributed by atoms with Crippen LogP contribution in [0.3, 0.4) is 0 Å². The van der Waals surface area contributed by atoms with Gasteiger partial charge < -0.3 is 5.32 Å². The van der Waals surface area contributed by atoms with E-state index < -0.39 is 49.8 Å². The minimum Gasteiger partial charge on any atom is -0.333 e. The van der Waals surface area contributed by atoms with E-state index >= 15 is 4.39 Å². The third-order valence-electron chi connectivity index (χ3n) is 5.27. The molecule has 5 rings (SSSR count). The van der Waals surface area contributed by atoms with Crippen LogP contribution in [0.4, 0.5) is 39.1 Å². The van der Waals surface area contributed by atoms with Gasteiger partial charge in [0.25, 0.3) is 10.0 Å². The molecule has 10 nitrogen and oxygen atoms in total. The molecule has 0 aliphatic rings. The predicted molar refractivity (Wildman–Crippen MR) is 134 cm³/mol. The highest BCUT2D eigenvalue weighted by Crippen LogP contribution is 2.34. The molecule has 2 N–H and O–H groups in total. The quantitative estimate of drug-likeness (QED) is 0.231. The van der Waals surface area contributed by atoms with Crippen molar-refractivity contribution in [2.75, 3.05) is 10.0 Å². The molecule has 2 aromatic carbocycles. The first-order valence-electron chi connectivity index (χ1n) is 10.7. The lowest BCUT2D eigenvalue weighted by molar-refractivity contribution is -0.141. The molecule has 0 radical (unpaired) electrons. The van der Waals surface area contributed by atoms with Crippen LogP contribution >= 0.6 is 23.2 Å². The molecule has 0 aliphatic heterocycles. The molecule has 18 heteroatoms. The van der Waals surface area contributed by atoms with E-state index in [1.807, 2.05) is 4.72 Å². The van der Waals surface area contributed by atoms with E-state index in [1.54, 1.807) is 0 Å². The maximum absolute atomic E-state index is 15.4. The maximum atomic E-state index is 15.4. The fourth-order valence-electron chi connectivity index (χ4n) is 3.41. The average Bonchev–Trinajstić information content (AvgIpc) is 3.41. The van der Waals surface area contributed by atoms with Gasteiger partial charge in [0.05, 0.1) is 27.4 Å². The second kappa shape index (κ2) is 10.1. The molecule has 0 atom stereocenters. The van der Waals surface area contributed by atoms with Crippen LogP contribution < -0.4 is 10.0 Å². The molecule has 0 saturated carbocycles. The first kappa shape index (κ1) is 27.4. The van der Waals surface area contributed by atoms with Crippen molar-refractivity contribution in [3.63, 3.8) is 0 Å².